The third kappa shape index (κ3) is 8.66. The summed E-state index contributed by atoms with van der Waals surface area (Å²) in [5.41, 5.74) is 7.06. The van der Waals surface area contributed by atoms with Crippen molar-refractivity contribution in [3.05, 3.63) is 41.2 Å². The van der Waals surface area contributed by atoms with E-state index in [2.05, 4.69) is 48.8 Å². The summed E-state index contributed by atoms with van der Waals surface area (Å²) < 4.78 is 11.7. The van der Waals surface area contributed by atoms with E-state index in [4.69, 9.17) is 14.5 Å². The standard InChI is InChI=1S/C31H40N8O5S/c1-6-32-29(41)36-25-14-22(28-35-24(17-45-28)18-7-8-18)23(16-33-25)21-13-19(26(40)37-38-30(42)44-31(2,3)4)15-34-27(21)43-20-9-11-39(5)12-10-20/h13-18,20H,6-12H2,1-5H3,(H,37,40)(H,38,42)(H2,32,33,36,41). The molecule has 0 aromatic carbocycles. The molecule has 2 aliphatic rings. The Hall–Kier alpha value is -4.30. The van der Waals surface area contributed by atoms with Gasteiger partial charge in [0.15, 0.2) is 0 Å². The van der Waals surface area contributed by atoms with Crippen molar-refractivity contribution in [2.45, 2.75) is 71.0 Å². The molecule has 0 atom stereocenters. The van der Waals surface area contributed by atoms with Gasteiger partial charge in [0.25, 0.3) is 5.91 Å². The Morgan fingerprint density at radius 3 is 2.44 bits per heavy atom. The van der Waals surface area contributed by atoms with Crippen molar-refractivity contribution in [1.82, 2.24) is 36.0 Å². The van der Waals surface area contributed by atoms with Gasteiger partial charge in [-0.05, 0) is 72.6 Å². The second-order valence-electron chi connectivity index (χ2n) is 12.2. The number of nitrogens with zero attached hydrogens (tertiary/aromatic N) is 4. The predicted molar refractivity (Wildman–Crippen MR) is 171 cm³/mol. The van der Waals surface area contributed by atoms with Gasteiger partial charge in [0.2, 0.25) is 5.88 Å². The van der Waals surface area contributed by atoms with E-state index in [9.17, 15) is 14.4 Å². The number of thiazole rings is 1. The Labute approximate surface area is 266 Å². The number of pyridine rings is 2. The SMILES string of the molecule is CCNC(=O)Nc1cc(-c2nc(C3CC3)cs2)c(-c2cc(C(=O)NNC(=O)OC(C)(C)C)cnc2OC2CCN(C)CC2)cn1. The van der Waals surface area contributed by atoms with E-state index in [1.807, 2.05) is 6.92 Å². The van der Waals surface area contributed by atoms with Gasteiger partial charge < -0.3 is 19.7 Å². The largest absolute Gasteiger partial charge is 0.474 e. The van der Waals surface area contributed by atoms with Crippen LogP contribution in [0.15, 0.2) is 29.9 Å². The number of carbonyl (C=O) groups is 3. The first-order valence-corrected chi connectivity index (χ1v) is 16.0. The van der Waals surface area contributed by atoms with Crippen LogP contribution >= 0.6 is 11.3 Å². The first-order valence-electron chi connectivity index (χ1n) is 15.1. The van der Waals surface area contributed by atoms with Gasteiger partial charge in [-0.2, -0.15) is 0 Å². The lowest BCUT2D eigenvalue weighted by Gasteiger charge is -2.29. The highest BCUT2D eigenvalue weighted by atomic mass is 32.1. The number of hydrazine groups is 1. The number of rotatable bonds is 8. The molecule has 2 fully saturated rings. The summed E-state index contributed by atoms with van der Waals surface area (Å²) >= 11 is 1.51. The minimum Gasteiger partial charge on any atom is -0.474 e. The number of urea groups is 1. The number of amides is 4. The molecule has 1 aliphatic carbocycles. The molecule has 0 unspecified atom stereocenters. The van der Waals surface area contributed by atoms with E-state index in [0.29, 0.717) is 40.9 Å². The summed E-state index contributed by atoms with van der Waals surface area (Å²) in [5, 5.41) is 8.31. The van der Waals surface area contributed by atoms with Gasteiger partial charge in [0.05, 0.1) is 11.3 Å². The fourth-order valence-corrected chi connectivity index (χ4v) is 5.75. The minimum atomic E-state index is -0.789. The van der Waals surface area contributed by atoms with Crippen LogP contribution in [0.5, 0.6) is 5.88 Å². The van der Waals surface area contributed by atoms with Gasteiger partial charge in [-0.25, -0.2) is 30.0 Å². The van der Waals surface area contributed by atoms with Crippen molar-refractivity contribution in [3.8, 4) is 27.6 Å². The van der Waals surface area contributed by atoms with Crippen molar-refractivity contribution in [3.63, 3.8) is 0 Å². The molecule has 0 bridgehead atoms. The third-order valence-electron chi connectivity index (χ3n) is 7.26. The van der Waals surface area contributed by atoms with Crippen LogP contribution in [0.4, 0.5) is 15.4 Å². The zero-order valence-corrected chi connectivity index (χ0v) is 27.0. The van der Waals surface area contributed by atoms with Crippen LogP contribution < -0.4 is 26.2 Å². The summed E-state index contributed by atoms with van der Waals surface area (Å²) in [7, 11) is 2.08. The lowest BCUT2D eigenvalue weighted by molar-refractivity contribution is 0.0483. The van der Waals surface area contributed by atoms with Crippen molar-refractivity contribution in [2.24, 2.45) is 0 Å². The van der Waals surface area contributed by atoms with Crippen LogP contribution in [0, 0.1) is 0 Å². The highest BCUT2D eigenvalue weighted by Crippen LogP contribution is 2.44. The average Bonchev–Trinajstić information content (AvgIpc) is 3.72. The fourth-order valence-electron chi connectivity index (χ4n) is 4.82. The highest BCUT2D eigenvalue weighted by Gasteiger charge is 2.28. The molecular weight excluding hydrogens is 596 g/mol. The van der Waals surface area contributed by atoms with Crippen LogP contribution in [0.2, 0.25) is 0 Å². The molecule has 14 heteroatoms. The maximum atomic E-state index is 13.2. The first kappa shape index (κ1) is 32.1. The molecule has 1 saturated heterocycles. The lowest BCUT2D eigenvalue weighted by Crippen LogP contribution is -2.44. The summed E-state index contributed by atoms with van der Waals surface area (Å²) in [6, 6.07) is 3.07. The minimum absolute atomic E-state index is 0.0580. The van der Waals surface area contributed by atoms with Gasteiger partial charge >= 0.3 is 12.1 Å². The average molecular weight is 637 g/mol. The molecule has 0 spiro atoms. The van der Waals surface area contributed by atoms with Gasteiger partial charge in [-0.15, -0.1) is 11.3 Å². The number of ether oxygens (including phenoxy) is 2. The molecule has 1 aliphatic heterocycles. The van der Waals surface area contributed by atoms with Crippen molar-refractivity contribution in [1.29, 1.82) is 0 Å². The molecule has 0 radical (unpaired) electrons. The molecule has 4 N–H and O–H groups in total. The van der Waals surface area contributed by atoms with Crippen LogP contribution in [0.1, 0.15) is 75.3 Å². The molecule has 13 nitrogen and oxygen atoms in total. The Morgan fingerprint density at radius 2 is 1.76 bits per heavy atom. The predicted octanol–water partition coefficient (Wildman–Crippen LogP) is 4.93. The molecule has 4 amide bonds. The van der Waals surface area contributed by atoms with Gasteiger partial charge in [-0.1, -0.05) is 0 Å². The van der Waals surface area contributed by atoms with Crippen LogP contribution in [0.3, 0.4) is 0 Å². The second kappa shape index (κ2) is 13.8. The number of nitrogens with one attached hydrogen (secondary N) is 4. The number of hydrogen-bond donors (Lipinski definition) is 4. The Morgan fingerprint density at radius 1 is 1.00 bits per heavy atom. The summed E-state index contributed by atoms with van der Waals surface area (Å²) in [4.78, 5) is 53.9. The zero-order chi connectivity index (χ0) is 32.1. The number of piperidine rings is 1. The number of aromatic nitrogens is 3. The van der Waals surface area contributed by atoms with E-state index in [1.54, 1.807) is 39.1 Å². The Kier molecular flexibility index (Phi) is 9.83. The smallest absolute Gasteiger partial charge is 0.426 e. The summed E-state index contributed by atoms with van der Waals surface area (Å²) in [5.74, 6) is 0.578. The van der Waals surface area contributed by atoms with Crippen LogP contribution in [-0.2, 0) is 4.74 Å². The number of hydrogen-bond acceptors (Lipinski definition) is 10. The molecule has 3 aromatic heterocycles. The van der Waals surface area contributed by atoms with E-state index >= 15 is 0 Å². The first-order chi connectivity index (χ1) is 21.5. The van der Waals surface area contributed by atoms with Gasteiger partial charge in [-0.3, -0.25) is 15.5 Å². The topological polar surface area (TPSA) is 160 Å². The van der Waals surface area contributed by atoms with Crippen molar-refractivity contribution in [2.75, 3.05) is 32.0 Å². The number of anilines is 1. The summed E-state index contributed by atoms with van der Waals surface area (Å²) in [6.45, 7) is 9.28. The van der Waals surface area contributed by atoms with E-state index in [1.165, 1.54) is 17.5 Å². The maximum Gasteiger partial charge on any atom is 0.426 e. The second-order valence-corrected chi connectivity index (χ2v) is 13.1. The maximum absolute atomic E-state index is 13.2. The number of carbonyl (C=O) groups excluding carboxylic acids is 3. The van der Waals surface area contributed by atoms with Crippen molar-refractivity contribution >= 4 is 35.2 Å². The Balaban J connectivity index is 1.52. The molecule has 1 saturated carbocycles. The summed E-state index contributed by atoms with van der Waals surface area (Å²) in [6.07, 6.45) is 6.09. The van der Waals surface area contributed by atoms with Gasteiger partial charge in [0.1, 0.15) is 22.5 Å². The zero-order valence-electron chi connectivity index (χ0n) is 26.2. The van der Waals surface area contributed by atoms with E-state index in [0.717, 1.165) is 49.5 Å². The number of likely N-dealkylation sites (tertiary alicyclic amines) is 1. The third-order valence-corrected chi connectivity index (χ3v) is 8.15. The lowest BCUT2D eigenvalue weighted by atomic mass is 10.0. The van der Waals surface area contributed by atoms with Crippen molar-refractivity contribution < 1.29 is 23.9 Å². The molecular formula is C31H40N8O5S. The van der Waals surface area contributed by atoms with Crippen LogP contribution in [-0.4, -0.2) is 76.3 Å². The fraction of sp³-hybridized carbons (Fsp3) is 0.484. The van der Waals surface area contributed by atoms with Gasteiger partial charge in [0, 0.05) is 60.0 Å². The quantitative estimate of drug-likeness (QED) is 0.252. The molecule has 45 heavy (non-hydrogen) atoms. The van der Waals surface area contributed by atoms with E-state index in [-0.39, 0.29) is 17.7 Å². The Bertz CT molecular complexity index is 1540. The molecule has 240 valence electrons. The molecule has 4 heterocycles. The normalized spacial score (nSPS) is 15.7. The van der Waals surface area contributed by atoms with Crippen LogP contribution in [0.25, 0.3) is 21.7 Å². The highest BCUT2D eigenvalue weighted by molar-refractivity contribution is 7.13. The molecule has 3 aromatic rings. The molecule has 5 rings (SSSR count). The van der Waals surface area contributed by atoms with E-state index < -0.39 is 17.6 Å². The monoisotopic (exact) mass is 636 g/mol.